The Labute approximate surface area is 119 Å². The van der Waals surface area contributed by atoms with Gasteiger partial charge in [0.05, 0.1) is 13.0 Å². The number of rotatable bonds is 6. The molecule has 4 nitrogen and oxygen atoms in total. The van der Waals surface area contributed by atoms with Crippen LogP contribution in [0.3, 0.4) is 0 Å². The van der Waals surface area contributed by atoms with Gasteiger partial charge in [-0.05, 0) is 25.0 Å². The van der Waals surface area contributed by atoms with Crippen LogP contribution < -0.4 is 0 Å². The molecule has 0 aliphatic heterocycles. The molecular formula is C16H20O4. The minimum Gasteiger partial charge on any atom is -0.469 e. The molecule has 2 atom stereocenters. The second kappa shape index (κ2) is 8.15. The van der Waals surface area contributed by atoms with E-state index in [0.29, 0.717) is 6.42 Å². The van der Waals surface area contributed by atoms with Gasteiger partial charge in [-0.1, -0.05) is 37.3 Å². The van der Waals surface area contributed by atoms with Gasteiger partial charge in [-0.15, -0.1) is 0 Å². The van der Waals surface area contributed by atoms with Crippen molar-refractivity contribution in [3.63, 3.8) is 0 Å². The summed E-state index contributed by atoms with van der Waals surface area (Å²) in [5, 5.41) is 0. The normalized spacial score (nSPS) is 13.8. The molecule has 20 heavy (non-hydrogen) atoms. The third-order valence-corrected chi connectivity index (χ3v) is 3.02. The molecule has 1 rings (SSSR count). The summed E-state index contributed by atoms with van der Waals surface area (Å²) in [6.07, 6.45) is 3.08. The third-order valence-electron chi connectivity index (χ3n) is 3.02. The summed E-state index contributed by atoms with van der Waals surface area (Å²) >= 11 is 0. The second-order valence-corrected chi connectivity index (χ2v) is 4.42. The van der Waals surface area contributed by atoms with Gasteiger partial charge in [-0.3, -0.25) is 4.79 Å². The van der Waals surface area contributed by atoms with Crippen molar-refractivity contribution in [3.05, 3.63) is 42.0 Å². The standard InChI is InChI=1S/C16H20O4/c1-4-14(16(18)19-3)12(2)20-15(17)11-10-13-8-6-5-7-9-13/h5-12,14H,4H2,1-3H3. The van der Waals surface area contributed by atoms with E-state index in [4.69, 9.17) is 4.74 Å². The first-order valence-corrected chi connectivity index (χ1v) is 6.60. The Balaban J connectivity index is 2.57. The molecule has 0 saturated heterocycles. The first-order valence-electron chi connectivity index (χ1n) is 6.60. The van der Waals surface area contributed by atoms with Crippen LogP contribution in [-0.4, -0.2) is 25.2 Å². The molecule has 0 radical (unpaired) electrons. The molecule has 108 valence electrons. The van der Waals surface area contributed by atoms with Crippen LogP contribution in [-0.2, 0) is 19.1 Å². The summed E-state index contributed by atoms with van der Waals surface area (Å²) in [6.45, 7) is 3.55. The number of hydrogen-bond acceptors (Lipinski definition) is 4. The van der Waals surface area contributed by atoms with E-state index in [1.807, 2.05) is 37.3 Å². The molecule has 0 bridgehead atoms. The highest BCUT2D eigenvalue weighted by Gasteiger charge is 2.26. The van der Waals surface area contributed by atoms with E-state index in [1.165, 1.54) is 13.2 Å². The minimum absolute atomic E-state index is 0.361. The van der Waals surface area contributed by atoms with Crippen LogP contribution in [0, 0.1) is 5.92 Å². The number of benzene rings is 1. The summed E-state index contributed by atoms with van der Waals surface area (Å²) in [5.74, 6) is -1.27. The van der Waals surface area contributed by atoms with E-state index in [-0.39, 0.29) is 5.97 Å². The van der Waals surface area contributed by atoms with Crippen molar-refractivity contribution in [3.8, 4) is 0 Å². The maximum absolute atomic E-state index is 11.7. The Kier molecular flexibility index (Phi) is 6.50. The van der Waals surface area contributed by atoms with Gasteiger partial charge in [0.15, 0.2) is 0 Å². The quantitative estimate of drug-likeness (QED) is 0.592. The number of carbonyl (C=O) groups is 2. The van der Waals surface area contributed by atoms with Crippen molar-refractivity contribution >= 4 is 18.0 Å². The van der Waals surface area contributed by atoms with Crippen LogP contribution in [0.5, 0.6) is 0 Å². The number of hydrogen-bond donors (Lipinski definition) is 0. The molecule has 0 fully saturated rings. The molecular weight excluding hydrogens is 256 g/mol. The fourth-order valence-corrected chi connectivity index (χ4v) is 1.87. The Morgan fingerprint density at radius 3 is 2.45 bits per heavy atom. The molecule has 1 aromatic rings. The number of methoxy groups -OCH3 is 1. The van der Waals surface area contributed by atoms with E-state index in [0.717, 1.165) is 5.56 Å². The molecule has 0 aromatic heterocycles. The van der Waals surface area contributed by atoms with E-state index < -0.39 is 18.0 Å². The summed E-state index contributed by atoms with van der Waals surface area (Å²) in [6, 6.07) is 9.45. The second-order valence-electron chi connectivity index (χ2n) is 4.42. The predicted octanol–water partition coefficient (Wildman–Crippen LogP) is 2.83. The fourth-order valence-electron chi connectivity index (χ4n) is 1.87. The smallest absolute Gasteiger partial charge is 0.331 e. The maximum atomic E-state index is 11.7. The van der Waals surface area contributed by atoms with Crippen molar-refractivity contribution in [2.75, 3.05) is 7.11 Å². The predicted molar refractivity (Wildman–Crippen MR) is 76.8 cm³/mol. The van der Waals surface area contributed by atoms with Crippen molar-refractivity contribution in [1.82, 2.24) is 0 Å². The van der Waals surface area contributed by atoms with Crippen molar-refractivity contribution in [1.29, 1.82) is 0 Å². The van der Waals surface area contributed by atoms with Crippen LogP contribution in [0.2, 0.25) is 0 Å². The Hall–Kier alpha value is -2.10. The van der Waals surface area contributed by atoms with Crippen LogP contribution in [0.1, 0.15) is 25.8 Å². The molecule has 0 spiro atoms. The number of carbonyl (C=O) groups excluding carboxylic acids is 2. The molecule has 0 aliphatic rings. The highest BCUT2D eigenvalue weighted by Crippen LogP contribution is 2.14. The van der Waals surface area contributed by atoms with Gasteiger partial charge in [-0.25, -0.2) is 4.79 Å². The van der Waals surface area contributed by atoms with E-state index in [1.54, 1.807) is 13.0 Å². The lowest BCUT2D eigenvalue weighted by Gasteiger charge is -2.19. The van der Waals surface area contributed by atoms with Crippen LogP contribution in [0.15, 0.2) is 36.4 Å². The van der Waals surface area contributed by atoms with Gasteiger partial charge in [-0.2, -0.15) is 0 Å². The SMILES string of the molecule is CCC(C(=O)OC)C(C)OC(=O)C=Cc1ccccc1. The first-order chi connectivity index (χ1) is 9.58. The topological polar surface area (TPSA) is 52.6 Å². The monoisotopic (exact) mass is 276 g/mol. The first kappa shape index (κ1) is 16.0. The molecule has 2 unspecified atom stereocenters. The van der Waals surface area contributed by atoms with Gasteiger partial charge in [0, 0.05) is 6.08 Å². The summed E-state index contributed by atoms with van der Waals surface area (Å²) in [7, 11) is 1.33. The van der Waals surface area contributed by atoms with Gasteiger partial charge >= 0.3 is 11.9 Å². The zero-order valence-electron chi connectivity index (χ0n) is 12.0. The van der Waals surface area contributed by atoms with E-state index in [2.05, 4.69) is 4.74 Å². The minimum atomic E-state index is -0.514. The Morgan fingerprint density at radius 1 is 1.25 bits per heavy atom. The highest BCUT2D eigenvalue weighted by molar-refractivity contribution is 5.87. The number of esters is 2. The molecule has 0 amide bonds. The molecule has 4 heteroatoms. The van der Waals surface area contributed by atoms with Crippen molar-refractivity contribution in [2.24, 2.45) is 5.92 Å². The Bertz CT molecular complexity index is 465. The number of ether oxygens (including phenoxy) is 2. The van der Waals surface area contributed by atoms with Crippen LogP contribution in [0.4, 0.5) is 0 Å². The average Bonchev–Trinajstić information content (AvgIpc) is 2.46. The van der Waals surface area contributed by atoms with Crippen LogP contribution >= 0.6 is 0 Å². The molecule has 1 aromatic carbocycles. The zero-order valence-corrected chi connectivity index (χ0v) is 12.0. The van der Waals surface area contributed by atoms with Gasteiger partial charge in [0.2, 0.25) is 0 Å². The lowest BCUT2D eigenvalue weighted by Crippen LogP contribution is -2.30. The largest absolute Gasteiger partial charge is 0.469 e. The van der Waals surface area contributed by atoms with Gasteiger partial charge in [0.25, 0.3) is 0 Å². The lowest BCUT2D eigenvalue weighted by molar-refractivity contribution is -0.156. The molecule has 0 N–H and O–H groups in total. The van der Waals surface area contributed by atoms with Crippen LogP contribution in [0.25, 0.3) is 6.08 Å². The summed E-state index contributed by atoms with van der Waals surface area (Å²) in [4.78, 5) is 23.2. The third kappa shape index (κ3) is 4.88. The average molecular weight is 276 g/mol. The molecule has 0 aliphatic carbocycles. The van der Waals surface area contributed by atoms with E-state index >= 15 is 0 Å². The fraction of sp³-hybridized carbons (Fsp3) is 0.375. The highest BCUT2D eigenvalue weighted by atomic mass is 16.6. The zero-order chi connectivity index (χ0) is 15.0. The lowest BCUT2D eigenvalue weighted by atomic mass is 10.0. The van der Waals surface area contributed by atoms with E-state index in [9.17, 15) is 9.59 Å². The summed E-state index contributed by atoms with van der Waals surface area (Å²) < 4.78 is 9.91. The molecule has 0 saturated carbocycles. The molecule has 0 heterocycles. The van der Waals surface area contributed by atoms with Crippen molar-refractivity contribution < 1.29 is 19.1 Å². The van der Waals surface area contributed by atoms with Gasteiger partial charge < -0.3 is 9.47 Å². The van der Waals surface area contributed by atoms with Crippen molar-refractivity contribution in [2.45, 2.75) is 26.4 Å². The summed E-state index contributed by atoms with van der Waals surface area (Å²) in [5.41, 5.74) is 0.914. The van der Waals surface area contributed by atoms with Gasteiger partial charge in [0.1, 0.15) is 6.10 Å². The Morgan fingerprint density at radius 2 is 1.90 bits per heavy atom. The maximum Gasteiger partial charge on any atom is 0.331 e.